The smallest absolute Gasteiger partial charge is 0.255 e. The minimum atomic E-state index is 0.0219. The molecule has 4 heteroatoms. The van der Waals surface area contributed by atoms with E-state index in [1.54, 1.807) is 0 Å². The number of hydrogen-bond acceptors (Lipinski definition) is 3. The van der Waals surface area contributed by atoms with Gasteiger partial charge in [0.25, 0.3) is 5.91 Å². The maximum Gasteiger partial charge on any atom is 0.255 e. The monoisotopic (exact) mass is 286 g/mol. The van der Waals surface area contributed by atoms with E-state index in [0.717, 1.165) is 24.1 Å². The predicted molar refractivity (Wildman–Crippen MR) is 83.0 cm³/mol. The first-order valence-electron chi connectivity index (χ1n) is 7.32. The summed E-state index contributed by atoms with van der Waals surface area (Å²) in [7, 11) is 0. The number of rotatable bonds is 1. The van der Waals surface area contributed by atoms with Gasteiger partial charge in [-0.25, -0.2) is 0 Å². The highest BCUT2D eigenvalue weighted by atomic mass is 16.5. The van der Waals surface area contributed by atoms with E-state index in [1.165, 1.54) is 0 Å². The van der Waals surface area contributed by atoms with Crippen LogP contribution in [0.5, 0.6) is 0 Å². The van der Waals surface area contributed by atoms with E-state index in [2.05, 4.69) is 11.8 Å². The first-order chi connectivity index (χ1) is 10.1. The second-order valence-corrected chi connectivity index (χ2v) is 5.34. The molecule has 0 bridgehead atoms. The Morgan fingerprint density at radius 2 is 2.33 bits per heavy atom. The lowest BCUT2D eigenvalue weighted by molar-refractivity contribution is 0.0562. The number of nitrogens with zero attached hydrogens (tertiary/aromatic N) is 1. The molecule has 2 rings (SSSR count). The number of carbonyl (C=O) groups excluding carboxylic acids is 1. The molecule has 1 aromatic carbocycles. The molecule has 1 aliphatic rings. The summed E-state index contributed by atoms with van der Waals surface area (Å²) in [4.78, 5) is 14.6. The second kappa shape index (κ2) is 7.26. The normalized spacial score (nSPS) is 18.6. The molecular weight excluding hydrogens is 264 g/mol. The van der Waals surface area contributed by atoms with Gasteiger partial charge in [-0.3, -0.25) is 4.79 Å². The molecule has 1 amide bonds. The third kappa shape index (κ3) is 4.07. The van der Waals surface area contributed by atoms with Crippen LogP contribution in [0.2, 0.25) is 0 Å². The standard InChI is InChI=1S/C17H22N2O2/c1-13-6-7-16(15(11-13)5-3-8-18)17(20)19-9-4-10-21-14(2)12-19/h6-7,11,14H,4,8-10,12,18H2,1-2H3. The van der Waals surface area contributed by atoms with Crippen molar-refractivity contribution in [3.63, 3.8) is 0 Å². The molecule has 1 aromatic rings. The van der Waals surface area contributed by atoms with E-state index < -0.39 is 0 Å². The third-order valence-electron chi connectivity index (χ3n) is 3.47. The van der Waals surface area contributed by atoms with Gasteiger partial charge in [0.15, 0.2) is 0 Å². The lowest BCUT2D eigenvalue weighted by Gasteiger charge is -2.23. The number of ether oxygens (including phenoxy) is 1. The molecule has 0 spiro atoms. The average molecular weight is 286 g/mol. The zero-order valence-corrected chi connectivity index (χ0v) is 12.7. The van der Waals surface area contributed by atoms with Crippen molar-refractivity contribution in [2.75, 3.05) is 26.2 Å². The van der Waals surface area contributed by atoms with Crippen LogP contribution in [0.3, 0.4) is 0 Å². The van der Waals surface area contributed by atoms with Crippen LogP contribution in [-0.2, 0) is 4.74 Å². The zero-order chi connectivity index (χ0) is 15.2. The molecule has 0 aliphatic carbocycles. The Labute approximate surface area is 126 Å². The zero-order valence-electron chi connectivity index (χ0n) is 12.7. The van der Waals surface area contributed by atoms with Gasteiger partial charge in [0.2, 0.25) is 0 Å². The number of nitrogens with two attached hydrogens (primary N) is 1. The SMILES string of the molecule is Cc1ccc(C(=O)N2CCCOC(C)C2)c(C#CCN)c1. The van der Waals surface area contributed by atoms with Crippen LogP contribution in [0.1, 0.15) is 34.8 Å². The first kappa shape index (κ1) is 15.6. The van der Waals surface area contributed by atoms with E-state index in [0.29, 0.717) is 18.7 Å². The molecule has 0 aromatic heterocycles. The van der Waals surface area contributed by atoms with Gasteiger partial charge in [-0.05, 0) is 38.0 Å². The van der Waals surface area contributed by atoms with Crippen LogP contribution in [-0.4, -0.2) is 43.2 Å². The van der Waals surface area contributed by atoms with E-state index in [1.807, 2.05) is 36.9 Å². The van der Waals surface area contributed by atoms with Crippen molar-refractivity contribution in [2.24, 2.45) is 5.73 Å². The van der Waals surface area contributed by atoms with Gasteiger partial charge in [0.1, 0.15) is 0 Å². The quantitative estimate of drug-likeness (QED) is 0.797. The summed E-state index contributed by atoms with van der Waals surface area (Å²) in [6.07, 6.45) is 0.937. The molecule has 2 N–H and O–H groups in total. The van der Waals surface area contributed by atoms with Gasteiger partial charge < -0.3 is 15.4 Å². The van der Waals surface area contributed by atoms with Gasteiger partial charge in [-0.15, -0.1) is 0 Å². The van der Waals surface area contributed by atoms with Gasteiger partial charge in [0, 0.05) is 25.3 Å². The number of aryl methyl sites for hydroxylation is 1. The Morgan fingerprint density at radius 3 is 3.10 bits per heavy atom. The molecule has 1 heterocycles. The fourth-order valence-corrected chi connectivity index (χ4v) is 2.44. The fraction of sp³-hybridized carbons (Fsp3) is 0.471. The summed E-state index contributed by atoms with van der Waals surface area (Å²) < 4.78 is 5.59. The lowest BCUT2D eigenvalue weighted by atomic mass is 10.0. The fourth-order valence-electron chi connectivity index (χ4n) is 2.44. The molecule has 0 radical (unpaired) electrons. The topological polar surface area (TPSA) is 55.6 Å². The second-order valence-electron chi connectivity index (χ2n) is 5.34. The largest absolute Gasteiger partial charge is 0.377 e. The lowest BCUT2D eigenvalue weighted by Crippen LogP contribution is -2.36. The molecule has 1 aliphatic heterocycles. The number of amides is 1. The highest BCUT2D eigenvalue weighted by Crippen LogP contribution is 2.16. The highest BCUT2D eigenvalue weighted by Gasteiger charge is 2.22. The van der Waals surface area contributed by atoms with E-state index in [4.69, 9.17) is 10.5 Å². The Morgan fingerprint density at radius 1 is 1.52 bits per heavy atom. The van der Waals surface area contributed by atoms with Crippen molar-refractivity contribution < 1.29 is 9.53 Å². The highest BCUT2D eigenvalue weighted by molar-refractivity contribution is 5.97. The summed E-state index contributed by atoms with van der Waals surface area (Å²) in [6, 6.07) is 5.74. The Balaban J connectivity index is 2.29. The Kier molecular flexibility index (Phi) is 5.38. The summed E-state index contributed by atoms with van der Waals surface area (Å²) in [5, 5.41) is 0. The maximum atomic E-state index is 12.8. The third-order valence-corrected chi connectivity index (χ3v) is 3.47. The molecule has 0 saturated carbocycles. The van der Waals surface area contributed by atoms with Crippen LogP contribution in [0.15, 0.2) is 18.2 Å². The molecule has 1 atom stereocenters. The summed E-state index contributed by atoms with van der Waals surface area (Å²) in [5.41, 5.74) is 7.92. The number of carbonyl (C=O) groups is 1. The molecule has 112 valence electrons. The predicted octanol–water partition coefficient (Wildman–Crippen LogP) is 1.56. The van der Waals surface area contributed by atoms with Gasteiger partial charge in [-0.2, -0.15) is 0 Å². The summed E-state index contributed by atoms with van der Waals surface area (Å²) >= 11 is 0. The minimum Gasteiger partial charge on any atom is -0.377 e. The van der Waals surface area contributed by atoms with E-state index in [9.17, 15) is 4.79 Å². The Hall–Kier alpha value is -1.83. The molecule has 4 nitrogen and oxygen atoms in total. The van der Waals surface area contributed by atoms with Gasteiger partial charge in [-0.1, -0.05) is 17.9 Å². The van der Waals surface area contributed by atoms with Gasteiger partial charge >= 0.3 is 0 Å². The van der Waals surface area contributed by atoms with Crippen molar-refractivity contribution in [3.8, 4) is 11.8 Å². The van der Waals surface area contributed by atoms with E-state index in [-0.39, 0.29) is 18.6 Å². The van der Waals surface area contributed by atoms with Crippen molar-refractivity contribution >= 4 is 5.91 Å². The van der Waals surface area contributed by atoms with Crippen molar-refractivity contribution in [1.82, 2.24) is 4.90 Å². The van der Waals surface area contributed by atoms with Crippen molar-refractivity contribution in [2.45, 2.75) is 26.4 Å². The first-order valence-corrected chi connectivity index (χ1v) is 7.32. The average Bonchev–Trinajstić information content (AvgIpc) is 2.69. The van der Waals surface area contributed by atoms with Crippen LogP contribution >= 0.6 is 0 Å². The number of hydrogen-bond donors (Lipinski definition) is 1. The summed E-state index contributed by atoms with van der Waals surface area (Å²) in [5.74, 6) is 5.86. The maximum absolute atomic E-state index is 12.8. The van der Waals surface area contributed by atoms with Crippen LogP contribution in [0.25, 0.3) is 0 Å². The molecule has 1 unspecified atom stereocenters. The molecule has 1 saturated heterocycles. The van der Waals surface area contributed by atoms with Gasteiger partial charge in [0.05, 0.1) is 18.2 Å². The van der Waals surface area contributed by atoms with Crippen LogP contribution in [0, 0.1) is 18.8 Å². The van der Waals surface area contributed by atoms with Crippen LogP contribution < -0.4 is 5.73 Å². The molecule has 21 heavy (non-hydrogen) atoms. The Bertz CT molecular complexity index is 572. The molecule has 1 fully saturated rings. The summed E-state index contributed by atoms with van der Waals surface area (Å²) in [6.45, 7) is 6.33. The van der Waals surface area contributed by atoms with E-state index >= 15 is 0 Å². The molecular formula is C17H22N2O2. The number of benzene rings is 1. The van der Waals surface area contributed by atoms with Crippen molar-refractivity contribution in [1.29, 1.82) is 0 Å². The van der Waals surface area contributed by atoms with Crippen LogP contribution in [0.4, 0.5) is 0 Å². The minimum absolute atomic E-state index is 0.0219. The van der Waals surface area contributed by atoms with Crippen molar-refractivity contribution in [3.05, 3.63) is 34.9 Å².